The summed E-state index contributed by atoms with van der Waals surface area (Å²) in [5.41, 5.74) is 5.01. The van der Waals surface area contributed by atoms with Gasteiger partial charge in [-0.3, -0.25) is 9.59 Å². The van der Waals surface area contributed by atoms with Crippen molar-refractivity contribution in [1.82, 2.24) is 10.2 Å². The summed E-state index contributed by atoms with van der Waals surface area (Å²) in [6.45, 7) is 1.04. The van der Waals surface area contributed by atoms with E-state index in [1.807, 2.05) is 6.92 Å². The van der Waals surface area contributed by atoms with Crippen LogP contribution < -0.4 is 11.1 Å². The Balaban J connectivity index is 2.52. The van der Waals surface area contributed by atoms with E-state index in [9.17, 15) is 14.4 Å². The topological polar surface area (TPSA) is 113 Å². The normalized spacial score (nSPS) is 15.6. The molecular weight excluding hydrogens is 250 g/mol. The molecule has 108 valence electrons. The molecule has 1 rings (SSSR count). The van der Waals surface area contributed by atoms with Gasteiger partial charge in [0, 0.05) is 6.04 Å². The number of carboxylic acid groups (broad SMARTS) is 1. The molecule has 4 N–H and O–H groups in total. The Labute approximate surface area is 112 Å². The lowest BCUT2D eigenvalue weighted by Gasteiger charge is -2.24. The molecule has 0 bridgehead atoms. The van der Waals surface area contributed by atoms with Crippen LogP contribution in [0.3, 0.4) is 0 Å². The van der Waals surface area contributed by atoms with Crippen LogP contribution in [0.25, 0.3) is 0 Å². The molecule has 7 nitrogen and oxygen atoms in total. The molecule has 1 unspecified atom stereocenters. The molecular formula is C12H21N3O4. The van der Waals surface area contributed by atoms with E-state index in [0.717, 1.165) is 17.7 Å². The first-order valence-corrected chi connectivity index (χ1v) is 6.47. The zero-order valence-corrected chi connectivity index (χ0v) is 11.1. The highest BCUT2D eigenvalue weighted by atomic mass is 16.4. The molecule has 0 saturated heterocycles. The summed E-state index contributed by atoms with van der Waals surface area (Å²) in [4.78, 5) is 34.4. The zero-order chi connectivity index (χ0) is 14.4. The van der Waals surface area contributed by atoms with E-state index < -0.39 is 31.0 Å². The number of urea groups is 1. The first-order valence-electron chi connectivity index (χ1n) is 6.47. The van der Waals surface area contributed by atoms with E-state index in [-0.39, 0.29) is 6.04 Å². The summed E-state index contributed by atoms with van der Waals surface area (Å²) in [7, 11) is 0. The number of carbonyl (C=O) groups is 3. The Morgan fingerprint density at radius 3 is 2.42 bits per heavy atom. The van der Waals surface area contributed by atoms with E-state index >= 15 is 0 Å². The minimum absolute atomic E-state index is 0.0178. The van der Waals surface area contributed by atoms with Gasteiger partial charge >= 0.3 is 12.0 Å². The second-order valence-electron chi connectivity index (χ2n) is 4.95. The van der Waals surface area contributed by atoms with Crippen molar-refractivity contribution in [3.05, 3.63) is 0 Å². The van der Waals surface area contributed by atoms with Crippen LogP contribution >= 0.6 is 0 Å². The van der Waals surface area contributed by atoms with Gasteiger partial charge in [-0.2, -0.15) is 0 Å². The minimum atomic E-state index is -1.17. The van der Waals surface area contributed by atoms with Gasteiger partial charge in [0.1, 0.15) is 13.1 Å². The molecule has 7 heteroatoms. The fraction of sp³-hybridized carbons (Fsp3) is 0.750. The lowest BCUT2D eigenvalue weighted by atomic mass is 10.1. The number of carboxylic acids is 1. The van der Waals surface area contributed by atoms with Crippen molar-refractivity contribution in [2.24, 2.45) is 11.7 Å². The Morgan fingerprint density at radius 1 is 1.37 bits per heavy atom. The average molecular weight is 271 g/mol. The van der Waals surface area contributed by atoms with Gasteiger partial charge in [-0.25, -0.2) is 4.79 Å². The van der Waals surface area contributed by atoms with Crippen LogP contribution in [-0.2, 0) is 9.59 Å². The smallest absolute Gasteiger partial charge is 0.323 e. The number of aliphatic carboxylic acids is 1. The maximum atomic E-state index is 11.9. The monoisotopic (exact) mass is 271 g/mol. The van der Waals surface area contributed by atoms with Gasteiger partial charge in [0.25, 0.3) is 0 Å². The Hall–Kier alpha value is -1.79. The first kappa shape index (κ1) is 15.3. The van der Waals surface area contributed by atoms with Crippen molar-refractivity contribution in [2.45, 2.75) is 38.6 Å². The molecule has 0 spiro atoms. The van der Waals surface area contributed by atoms with Crippen LogP contribution in [0.15, 0.2) is 0 Å². The molecule has 3 amide bonds. The first-order chi connectivity index (χ1) is 8.92. The van der Waals surface area contributed by atoms with Crippen molar-refractivity contribution in [3.8, 4) is 0 Å². The van der Waals surface area contributed by atoms with Gasteiger partial charge in [0.15, 0.2) is 0 Å². The van der Waals surface area contributed by atoms with E-state index in [1.165, 1.54) is 12.8 Å². The van der Waals surface area contributed by atoms with Gasteiger partial charge in [0.2, 0.25) is 5.91 Å². The van der Waals surface area contributed by atoms with Gasteiger partial charge in [0.05, 0.1) is 0 Å². The van der Waals surface area contributed by atoms with E-state index in [4.69, 9.17) is 10.8 Å². The van der Waals surface area contributed by atoms with Gasteiger partial charge < -0.3 is 21.1 Å². The van der Waals surface area contributed by atoms with Crippen LogP contribution in [0.1, 0.15) is 32.6 Å². The molecule has 0 radical (unpaired) electrons. The highest BCUT2D eigenvalue weighted by molar-refractivity contribution is 5.86. The Kier molecular flexibility index (Phi) is 5.59. The van der Waals surface area contributed by atoms with Gasteiger partial charge in [-0.05, 0) is 18.8 Å². The number of nitrogens with one attached hydrogen (secondary N) is 1. The SMILES string of the molecule is CCC(CC1CC1)NC(=O)N(CC(N)=O)CC(=O)O. The maximum absolute atomic E-state index is 11.9. The standard InChI is InChI=1S/C12H21N3O4/c1-2-9(5-8-3-4-8)14-12(19)15(6-10(13)16)7-11(17)18/h8-9H,2-7H2,1H3,(H2,13,16)(H,14,19)(H,17,18). The number of primary amides is 1. The van der Waals surface area contributed by atoms with Crippen LogP contribution in [0.5, 0.6) is 0 Å². The molecule has 0 aliphatic heterocycles. The molecule has 19 heavy (non-hydrogen) atoms. The molecule has 1 aliphatic carbocycles. The van der Waals surface area contributed by atoms with Crippen molar-refractivity contribution in [1.29, 1.82) is 0 Å². The van der Waals surface area contributed by atoms with Crippen molar-refractivity contribution in [3.63, 3.8) is 0 Å². The van der Waals surface area contributed by atoms with Gasteiger partial charge in [-0.1, -0.05) is 19.8 Å². The second kappa shape index (κ2) is 6.96. The van der Waals surface area contributed by atoms with Crippen molar-refractivity contribution >= 4 is 17.9 Å². The number of amides is 3. The van der Waals surface area contributed by atoms with E-state index in [0.29, 0.717) is 5.92 Å². The second-order valence-corrected chi connectivity index (χ2v) is 4.95. The average Bonchev–Trinajstić information content (AvgIpc) is 3.09. The lowest BCUT2D eigenvalue weighted by Crippen LogP contribution is -2.49. The zero-order valence-electron chi connectivity index (χ0n) is 11.1. The third-order valence-corrected chi connectivity index (χ3v) is 3.10. The molecule has 1 fully saturated rings. The number of rotatable bonds is 8. The quantitative estimate of drug-likeness (QED) is 0.583. The number of nitrogens with two attached hydrogens (primary N) is 1. The predicted molar refractivity (Wildman–Crippen MR) is 68.4 cm³/mol. The molecule has 1 atom stereocenters. The summed E-state index contributed by atoms with van der Waals surface area (Å²) < 4.78 is 0. The largest absolute Gasteiger partial charge is 0.480 e. The fourth-order valence-corrected chi connectivity index (χ4v) is 1.90. The molecule has 1 saturated carbocycles. The summed E-state index contributed by atoms with van der Waals surface area (Å²) in [5.74, 6) is -1.24. The highest BCUT2D eigenvalue weighted by Crippen LogP contribution is 2.34. The van der Waals surface area contributed by atoms with Gasteiger partial charge in [-0.15, -0.1) is 0 Å². The summed E-state index contributed by atoms with van der Waals surface area (Å²) in [6, 6.07) is -0.530. The number of nitrogens with zero attached hydrogens (tertiary/aromatic N) is 1. The van der Waals surface area contributed by atoms with E-state index in [2.05, 4.69) is 5.32 Å². The third-order valence-electron chi connectivity index (χ3n) is 3.10. The summed E-state index contributed by atoms with van der Waals surface area (Å²) in [5, 5.41) is 11.5. The summed E-state index contributed by atoms with van der Waals surface area (Å²) in [6.07, 6.45) is 4.05. The lowest BCUT2D eigenvalue weighted by molar-refractivity contribution is -0.137. The van der Waals surface area contributed by atoms with Crippen LogP contribution in [0.2, 0.25) is 0 Å². The number of hydrogen-bond acceptors (Lipinski definition) is 3. The molecule has 0 aromatic carbocycles. The molecule has 0 aromatic heterocycles. The minimum Gasteiger partial charge on any atom is -0.480 e. The fourth-order valence-electron chi connectivity index (χ4n) is 1.90. The van der Waals surface area contributed by atoms with Crippen LogP contribution in [0.4, 0.5) is 4.79 Å². The van der Waals surface area contributed by atoms with Crippen molar-refractivity contribution in [2.75, 3.05) is 13.1 Å². The predicted octanol–water partition coefficient (Wildman–Crippen LogP) is 0.147. The third kappa shape index (κ3) is 6.08. The van der Waals surface area contributed by atoms with Crippen LogP contribution in [-0.4, -0.2) is 47.0 Å². The number of carbonyl (C=O) groups excluding carboxylic acids is 2. The van der Waals surface area contributed by atoms with Crippen molar-refractivity contribution < 1.29 is 19.5 Å². The maximum Gasteiger partial charge on any atom is 0.323 e. The van der Waals surface area contributed by atoms with Crippen LogP contribution in [0, 0.1) is 5.92 Å². The molecule has 0 aromatic rings. The summed E-state index contributed by atoms with van der Waals surface area (Å²) >= 11 is 0. The Bertz CT molecular complexity index is 339. The molecule has 0 heterocycles. The van der Waals surface area contributed by atoms with E-state index in [1.54, 1.807) is 0 Å². The Morgan fingerprint density at radius 2 is 2.00 bits per heavy atom. The molecule has 1 aliphatic rings. The number of hydrogen-bond donors (Lipinski definition) is 3. The highest BCUT2D eigenvalue weighted by Gasteiger charge is 2.27.